The molecule has 5 rings (SSSR count). The number of rotatable bonds is 5. The van der Waals surface area contributed by atoms with Crippen molar-refractivity contribution < 1.29 is 14.4 Å². The molecule has 3 N–H and O–H groups in total. The van der Waals surface area contributed by atoms with Gasteiger partial charge >= 0.3 is 0 Å². The molecule has 1 aromatic carbocycles. The van der Waals surface area contributed by atoms with Crippen molar-refractivity contribution in [2.75, 3.05) is 27.7 Å². The number of nitrogens with one attached hydrogen (secondary N) is 3. The number of aromatic nitrogens is 2. The fourth-order valence-electron chi connectivity index (χ4n) is 5.33. The molecule has 10 nitrogen and oxygen atoms in total. The van der Waals surface area contributed by atoms with Gasteiger partial charge in [0.1, 0.15) is 5.69 Å². The van der Waals surface area contributed by atoms with Crippen LogP contribution in [0.3, 0.4) is 0 Å². The van der Waals surface area contributed by atoms with Crippen molar-refractivity contribution in [2.45, 2.75) is 44.3 Å². The number of halogens is 1. The van der Waals surface area contributed by atoms with Crippen LogP contribution in [-0.4, -0.2) is 77.3 Å². The Labute approximate surface area is 234 Å². The summed E-state index contributed by atoms with van der Waals surface area (Å²) in [7, 11) is 5.46. The van der Waals surface area contributed by atoms with Gasteiger partial charge in [0.15, 0.2) is 10.4 Å². The zero-order valence-electron chi connectivity index (χ0n) is 22.0. The van der Waals surface area contributed by atoms with Crippen LogP contribution in [0.2, 0.25) is 5.02 Å². The molecule has 0 spiro atoms. The first-order valence-electron chi connectivity index (χ1n) is 12.9. The number of hydrogen-bond acceptors (Lipinski definition) is 7. The zero-order valence-corrected chi connectivity index (χ0v) is 23.6. The smallest absolute Gasteiger partial charge is 0.280 e. The maximum absolute atomic E-state index is 13.3. The van der Waals surface area contributed by atoms with Crippen molar-refractivity contribution in [1.82, 2.24) is 30.4 Å². The summed E-state index contributed by atoms with van der Waals surface area (Å²) in [6, 6.07) is 5.18. The first-order valence-corrected chi connectivity index (χ1v) is 14.1. The van der Waals surface area contributed by atoms with Crippen molar-refractivity contribution in [3.05, 3.63) is 60.8 Å². The Bertz CT molecular complexity index is 1500. The van der Waals surface area contributed by atoms with Crippen LogP contribution in [0.4, 0.5) is 0 Å². The van der Waals surface area contributed by atoms with Crippen LogP contribution in [0.25, 0.3) is 10.9 Å². The van der Waals surface area contributed by atoms with Crippen LogP contribution in [-0.2, 0) is 17.8 Å². The average Bonchev–Trinajstić information content (AvgIpc) is 3.33. The Morgan fingerprint density at radius 2 is 1.90 bits per heavy atom. The molecule has 3 heterocycles. The van der Waals surface area contributed by atoms with E-state index in [2.05, 4.69) is 25.5 Å². The van der Waals surface area contributed by atoms with E-state index in [0.29, 0.717) is 40.2 Å². The van der Waals surface area contributed by atoms with Gasteiger partial charge in [0.25, 0.3) is 11.8 Å². The molecule has 1 aliphatic carbocycles. The normalized spacial score (nSPS) is 21.3. The summed E-state index contributed by atoms with van der Waals surface area (Å²) in [4.78, 5) is 64.4. The van der Waals surface area contributed by atoms with Crippen molar-refractivity contribution in [2.24, 2.45) is 5.92 Å². The van der Waals surface area contributed by atoms with Crippen LogP contribution < -0.4 is 16.1 Å². The predicted molar refractivity (Wildman–Crippen MR) is 150 cm³/mol. The minimum atomic E-state index is -0.487. The fourth-order valence-corrected chi connectivity index (χ4v) is 6.59. The third kappa shape index (κ3) is 5.85. The zero-order chi connectivity index (χ0) is 27.8. The molecule has 3 atom stereocenters. The van der Waals surface area contributed by atoms with Gasteiger partial charge in [-0.05, 0) is 44.5 Å². The number of likely N-dealkylation sites (N-methyl/N-ethyl adjacent to an activating group) is 1. The summed E-state index contributed by atoms with van der Waals surface area (Å²) in [6.45, 7) is 1.66. The molecule has 3 aromatic rings. The SMILES string of the molecule is CN1CCc2nc(C(=O)NC3CC(C(=O)N(C)C)CCC3NC(=O)c3cc(=O)c4cc(Cl)ccc4[nH]3)sc2C1. The Kier molecular flexibility index (Phi) is 7.75. The number of carbonyl (C=O) groups is 3. The summed E-state index contributed by atoms with van der Waals surface area (Å²) in [5, 5.41) is 7.26. The summed E-state index contributed by atoms with van der Waals surface area (Å²) in [5.74, 6) is -1.06. The molecule has 0 saturated heterocycles. The first kappa shape index (κ1) is 27.3. The molecular weight excluding hydrogens is 540 g/mol. The number of pyridine rings is 1. The van der Waals surface area contributed by atoms with Crippen LogP contribution in [0.15, 0.2) is 29.1 Å². The highest BCUT2D eigenvalue weighted by Crippen LogP contribution is 2.28. The number of hydrogen-bond donors (Lipinski definition) is 3. The van der Waals surface area contributed by atoms with Crippen LogP contribution >= 0.6 is 22.9 Å². The van der Waals surface area contributed by atoms with Gasteiger partial charge in [-0.2, -0.15) is 0 Å². The third-order valence-corrected chi connectivity index (χ3v) is 8.74. The molecule has 2 aliphatic rings. The van der Waals surface area contributed by atoms with Gasteiger partial charge < -0.3 is 25.4 Å². The lowest BCUT2D eigenvalue weighted by molar-refractivity contribution is -0.134. The number of aromatic amines is 1. The molecule has 12 heteroatoms. The van der Waals surface area contributed by atoms with E-state index in [0.717, 1.165) is 30.1 Å². The second-order valence-electron chi connectivity index (χ2n) is 10.5. The summed E-state index contributed by atoms with van der Waals surface area (Å²) in [6.07, 6.45) is 2.24. The van der Waals surface area contributed by atoms with Gasteiger partial charge in [0.05, 0.1) is 11.7 Å². The highest BCUT2D eigenvalue weighted by atomic mass is 35.5. The van der Waals surface area contributed by atoms with E-state index >= 15 is 0 Å². The minimum absolute atomic E-state index is 0.00991. The Balaban J connectivity index is 1.36. The third-order valence-electron chi connectivity index (χ3n) is 7.43. The lowest BCUT2D eigenvalue weighted by atomic mass is 9.81. The Morgan fingerprint density at radius 1 is 1.13 bits per heavy atom. The first-order chi connectivity index (χ1) is 18.6. The molecule has 3 unspecified atom stereocenters. The lowest BCUT2D eigenvalue weighted by Crippen LogP contribution is -2.56. The minimum Gasteiger partial charge on any atom is -0.350 e. The molecule has 1 saturated carbocycles. The van der Waals surface area contributed by atoms with Gasteiger partial charge in [-0.1, -0.05) is 11.6 Å². The summed E-state index contributed by atoms with van der Waals surface area (Å²) >= 11 is 7.40. The number of benzene rings is 1. The lowest BCUT2D eigenvalue weighted by Gasteiger charge is -2.37. The Morgan fingerprint density at radius 3 is 2.67 bits per heavy atom. The molecule has 1 aliphatic heterocycles. The van der Waals surface area contributed by atoms with Crippen molar-refractivity contribution >= 4 is 51.6 Å². The van der Waals surface area contributed by atoms with Crippen LogP contribution in [0.1, 0.15) is 50.1 Å². The van der Waals surface area contributed by atoms with Crippen molar-refractivity contribution in [1.29, 1.82) is 0 Å². The molecule has 39 heavy (non-hydrogen) atoms. The standard InChI is InChI=1S/C27H31ClN6O4S/c1-33(2)27(38)14-4-6-18(30-24(36)21-12-22(35)16-11-15(28)5-7-17(16)29-21)20(10-14)31-25(37)26-32-19-8-9-34(3)13-23(19)39-26/h5,7,11-12,14,18,20H,4,6,8-10,13H2,1-3H3,(H,29,35)(H,30,36)(H,31,37). The summed E-state index contributed by atoms with van der Waals surface area (Å²) in [5.41, 5.74) is 1.25. The second-order valence-corrected chi connectivity index (χ2v) is 12.0. The summed E-state index contributed by atoms with van der Waals surface area (Å²) < 4.78 is 0. The van der Waals surface area contributed by atoms with E-state index < -0.39 is 18.0 Å². The van der Waals surface area contributed by atoms with E-state index in [1.165, 1.54) is 17.4 Å². The van der Waals surface area contributed by atoms with E-state index in [-0.39, 0.29) is 28.9 Å². The molecule has 0 radical (unpaired) electrons. The second kappa shape index (κ2) is 11.1. The van der Waals surface area contributed by atoms with Gasteiger partial charge in [-0.15, -0.1) is 11.3 Å². The monoisotopic (exact) mass is 570 g/mol. The predicted octanol–water partition coefficient (Wildman–Crippen LogP) is 2.41. The molecule has 0 bridgehead atoms. The van der Waals surface area contributed by atoms with Gasteiger partial charge in [-0.25, -0.2) is 4.98 Å². The van der Waals surface area contributed by atoms with Crippen molar-refractivity contribution in [3.63, 3.8) is 0 Å². The highest BCUT2D eigenvalue weighted by molar-refractivity contribution is 7.13. The number of fused-ring (bicyclic) bond motifs is 2. The van der Waals surface area contributed by atoms with E-state index in [1.807, 2.05) is 7.05 Å². The van der Waals surface area contributed by atoms with E-state index in [4.69, 9.17) is 11.6 Å². The largest absolute Gasteiger partial charge is 0.350 e. The van der Waals surface area contributed by atoms with Gasteiger partial charge in [0, 0.05) is 72.4 Å². The number of carbonyl (C=O) groups excluding carboxylic acids is 3. The van der Waals surface area contributed by atoms with Crippen LogP contribution in [0.5, 0.6) is 0 Å². The Hall–Kier alpha value is -3.28. The van der Waals surface area contributed by atoms with Crippen molar-refractivity contribution in [3.8, 4) is 0 Å². The highest BCUT2D eigenvalue weighted by Gasteiger charge is 2.37. The average molecular weight is 571 g/mol. The molecular formula is C27H31ClN6O4S. The number of H-pyrrole nitrogens is 1. The number of nitrogens with zero attached hydrogens (tertiary/aromatic N) is 3. The quantitative estimate of drug-likeness (QED) is 0.432. The molecule has 2 aromatic heterocycles. The van der Waals surface area contributed by atoms with Gasteiger partial charge in [-0.3, -0.25) is 19.2 Å². The van der Waals surface area contributed by atoms with Crippen LogP contribution in [0, 0.1) is 5.92 Å². The maximum Gasteiger partial charge on any atom is 0.280 e. The number of amides is 3. The molecule has 1 fully saturated rings. The molecule has 206 valence electrons. The number of thiazole rings is 1. The fraction of sp³-hybridized carbons (Fsp3) is 0.444. The maximum atomic E-state index is 13.3. The topological polar surface area (TPSA) is 128 Å². The van der Waals surface area contributed by atoms with E-state index in [1.54, 1.807) is 37.2 Å². The van der Waals surface area contributed by atoms with Gasteiger partial charge in [0.2, 0.25) is 5.91 Å². The molecule has 3 amide bonds. The van der Waals surface area contributed by atoms with E-state index in [9.17, 15) is 19.2 Å².